The zero-order valence-corrected chi connectivity index (χ0v) is 20.8. The van der Waals surface area contributed by atoms with Crippen molar-refractivity contribution in [3.05, 3.63) is 118 Å². The van der Waals surface area contributed by atoms with Crippen LogP contribution in [-0.2, 0) is 19.8 Å². The van der Waals surface area contributed by atoms with Crippen LogP contribution < -0.4 is 14.8 Å². The van der Waals surface area contributed by atoms with E-state index in [4.69, 9.17) is 9.47 Å². The summed E-state index contributed by atoms with van der Waals surface area (Å²) in [6.07, 6.45) is 0. The van der Waals surface area contributed by atoms with Gasteiger partial charge in [-0.25, -0.2) is 0 Å². The molecule has 6 heteroatoms. The first-order valence-corrected chi connectivity index (χ1v) is 12.6. The summed E-state index contributed by atoms with van der Waals surface area (Å²) in [5, 5.41) is 4.54. The molecule has 0 aliphatic heterocycles. The molecule has 4 nitrogen and oxygen atoms in total. The quantitative estimate of drug-likeness (QED) is 0.211. The summed E-state index contributed by atoms with van der Waals surface area (Å²) in [5.41, 5.74) is 3.44. The number of hydrogen-bond donors (Lipinski definition) is 1. The summed E-state index contributed by atoms with van der Waals surface area (Å²) in [6.45, 7) is 1.77. The van der Waals surface area contributed by atoms with Crippen molar-refractivity contribution in [1.82, 2.24) is 4.37 Å². The fourth-order valence-electron chi connectivity index (χ4n) is 3.51. The van der Waals surface area contributed by atoms with Crippen molar-refractivity contribution in [3.8, 4) is 11.5 Å². The largest absolute Gasteiger partial charge is 0.489 e. The highest BCUT2D eigenvalue weighted by molar-refractivity contribution is 9.10. The predicted molar refractivity (Wildman–Crippen MR) is 143 cm³/mol. The van der Waals surface area contributed by atoms with Crippen LogP contribution in [0.1, 0.15) is 16.7 Å². The van der Waals surface area contributed by atoms with E-state index in [-0.39, 0.29) is 0 Å². The van der Waals surface area contributed by atoms with Crippen molar-refractivity contribution >= 4 is 43.4 Å². The first-order valence-electron chi connectivity index (χ1n) is 11.0. The molecular weight excluding hydrogens is 508 g/mol. The van der Waals surface area contributed by atoms with Gasteiger partial charge in [0, 0.05) is 16.4 Å². The zero-order valence-electron chi connectivity index (χ0n) is 18.4. The molecule has 1 N–H and O–H groups in total. The molecule has 0 unspecified atom stereocenters. The number of rotatable bonds is 9. The normalized spacial score (nSPS) is 10.9. The van der Waals surface area contributed by atoms with Crippen LogP contribution >= 0.6 is 27.5 Å². The third-order valence-corrected chi connectivity index (χ3v) is 6.75. The second-order valence-electron chi connectivity index (χ2n) is 7.88. The van der Waals surface area contributed by atoms with Gasteiger partial charge in [0.05, 0.1) is 4.70 Å². The number of ether oxygens (including phenoxy) is 2. The first-order chi connectivity index (χ1) is 16.7. The van der Waals surface area contributed by atoms with Crippen LogP contribution in [0.25, 0.3) is 10.1 Å². The zero-order chi connectivity index (χ0) is 23.2. The van der Waals surface area contributed by atoms with E-state index < -0.39 is 0 Å². The number of fused-ring (bicyclic) bond motifs is 1. The van der Waals surface area contributed by atoms with Gasteiger partial charge >= 0.3 is 0 Å². The lowest BCUT2D eigenvalue weighted by Crippen LogP contribution is -2.00. The summed E-state index contributed by atoms with van der Waals surface area (Å²) in [5.74, 6) is 2.57. The Hall–Kier alpha value is -3.35. The highest BCUT2D eigenvalue weighted by Gasteiger charge is 2.08. The van der Waals surface area contributed by atoms with Gasteiger partial charge < -0.3 is 14.8 Å². The highest BCUT2D eigenvalue weighted by atomic mass is 79.9. The third-order valence-electron chi connectivity index (χ3n) is 5.39. The van der Waals surface area contributed by atoms with E-state index in [2.05, 4.69) is 74.2 Å². The number of benzene rings is 4. The van der Waals surface area contributed by atoms with Crippen LogP contribution in [-0.4, -0.2) is 4.37 Å². The van der Waals surface area contributed by atoms with Crippen LogP contribution in [0.5, 0.6) is 11.5 Å². The Balaban J connectivity index is 1.18. The molecule has 0 spiro atoms. The summed E-state index contributed by atoms with van der Waals surface area (Å²) >= 11 is 4.94. The van der Waals surface area contributed by atoms with E-state index in [0.717, 1.165) is 48.6 Å². The van der Waals surface area contributed by atoms with E-state index >= 15 is 0 Å². The van der Waals surface area contributed by atoms with Crippen molar-refractivity contribution in [2.45, 2.75) is 19.8 Å². The molecule has 5 aromatic rings. The Labute approximate surface area is 211 Å². The lowest BCUT2D eigenvalue weighted by molar-refractivity contribution is 0.306. The summed E-state index contributed by atoms with van der Waals surface area (Å²) in [4.78, 5) is 0. The standard InChI is InChI=1S/C28H23BrN2O2S/c29-23-10-6-22(7-11-23)19-32-24-12-8-20(9-13-24)17-30-28-26-16-25(14-15-27(26)34-31-28)33-18-21-4-2-1-3-5-21/h1-16H,17-19H2,(H,30,31). The van der Waals surface area contributed by atoms with Crippen LogP contribution in [0.2, 0.25) is 0 Å². The molecule has 0 saturated carbocycles. The molecule has 0 radical (unpaired) electrons. The van der Waals surface area contributed by atoms with Crippen LogP contribution in [0.3, 0.4) is 0 Å². The van der Waals surface area contributed by atoms with Crippen molar-refractivity contribution in [3.63, 3.8) is 0 Å². The predicted octanol–water partition coefficient (Wildman–Crippen LogP) is 7.83. The molecule has 34 heavy (non-hydrogen) atoms. The molecule has 5 rings (SSSR count). The number of anilines is 1. The molecule has 0 bridgehead atoms. The molecule has 0 atom stereocenters. The minimum atomic E-state index is 0.545. The van der Waals surface area contributed by atoms with Gasteiger partial charge in [-0.3, -0.25) is 0 Å². The number of aromatic nitrogens is 1. The third kappa shape index (κ3) is 5.76. The van der Waals surface area contributed by atoms with Crippen LogP contribution in [0, 0.1) is 0 Å². The minimum Gasteiger partial charge on any atom is -0.489 e. The maximum absolute atomic E-state index is 5.99. The number of nitrogens with one attached hydrogen (secondary N) is 1. The molecule has 0 fully saturated rings. The average molecular weight is 531 g/mol. The van der Waals surface area contributed by atoms with E-state index in [1.807, 2.05) is 48.5 Å². The Morgan fingerprint density at radius 2 is 1.35 bits per heavy atom. The highest BCUT2D eigenvalue weighted by Crippen LogP contribution is 2.31. The van der Waals surface area contributed by atoms with Gasteiger partial charge in [-0.2, -0.15) is 4.37 Å². The lowest BCUT2D eigenvalue weighted by Gasteiger charge is -2.09. The van der Waals surface area contributed by atoms with Crippen molar-refractivity contribution in [2.24, 2.45) is 0 Å². The molecule has 0 aliphatic carbocycles. The molecule has 1 aromatic heterocycles. The molecule has 170 valence electrons. The Bertz CT molecular complexity index is 1350. The molecule has 4 aromatic carbocycles. The molecule has 0 aliphatic rings. The monoisotopic (exact) mass is 530 g/mol. The van der Waals surface area contributed by atoms with Gasteiger partial charge in [-0.15, -0.1) is 0 Å². The van der Waals surface area contributed by atoms with Crippen molar-refractivity contribution in [2.75, 3.05) is 5.32 Å². The number of halogens is 1. The second-order valence-corrected chi connectivity index (χ2v) is 9.60. The van der Waals surface area contributed by atoms with Gasteiger partial charge in [-0.1, -0.05) is 70.5 Å². The van der Waals surface area contributed by atoms with Crippen molar-refractivity contribution in [1.29, 1.82) is 0 Å². The summed E-state index contributed by atoms with van der Waals surface area (Å²) in [6, 6.07) is 32.6. The fourth-order valence-corrected chi connectivity index (χ4v) is 4.51. The Kier molecular flexibility index (Phi) is 7.08. The maximum Gasteiger partial charge on any atom is 0.147 e. The lowest BCUT2D eigenvalue weighted by atomic mass is 10.2. The first kappa shape index (κ1) is 22.4. The summed E-state index contributed by atoms with van der Waals surface area (Å²) in [7, 11) is 0. The van der Waals surface area contributed by atoms with Gasteiger partial charge in [-0.05, 0) is 70.7 Å². The van der Waals surface area contributed by atoms with E-state index in [9.17, 15) is 0 Å². The van der Waals surface area contributed by atoms with Gasteiger partial charge in [0.15, 0.2) is 0 Å². The van der Waals surface area contributed by atoms with E-state index in [1.54, 1.807) is 0 Å². The fraction of sp³-hybridized carbons (Fsp3) is 0.107. The van der Waals surface area contributed by atoms with Gasteiger partial charge in [0.2, 0.25) is 0 Å². The Morgan fingerprint density at radius 3 is 2.12 bits per heavy atom. The maximum atomic E-state index is 5.99. The van der Waals surface area contributed by atoms with E-state index in [1.165, 1.54) is 11.5 Å². The number of nitrogens with zero attached hydrogens (tertiary/aromatic N) is 1. The van der Waals surface area contributed by atoms with Crippen LogP contribution in [0.15, 0.2) is 102 Å². The van der Waals surface area contributed by atoms with Crippen LogP contribution in [0.4, 0.5) is 5.82 Å². The minimum absolute atomic E-state index is 0.545. The van der Waals surface area contributed by atoms with Crippen molar-refractivity contribution < 1.29 is 9.47 Å². The summed E-state index contributed by atoms with van der Waals surface area (Å²) < 4.78 is 18.7. The van der Waals surface area contributed by atoms with E-state index in [0.29, 0.717) is 19.8 Å². The average Bonchev–Trinajstić information content (AvgIpc) is 3.29. The second kappa shape index (κ2) is 10.7. The van der Waals surface area contributed by atoms with Gasteiger partial charge in [0.25, 0.3) is 0 Å². The smallest absolute Gasteiger partial charge is 0.147 e. The molecule has 0 amide bonds. The molecular formula is C28H23BrN2O2S. The van der Waals surface area contributed by atoms with Gasteiger partial charge in [0.1, 0.15) is 30.5 Å². The molecule has 0 saturated heterocycles. The SMILES string of the molecule is Brc1ccc(COc2ccc(CNc3nsc4ccc(OCc5ccccc5)cc34)cc2)cc1. The molecule has 1 heterocycles. The Morgan fingerprint density at radius 1 is 0.706 bits per heavy atom. The topological polar surface area (TPSA) is 43.4 Å². The number of hydrogen-bond acceptors (Lipinski definition) is 5.